The largest absolute Gasteiger partial charge is 0.355 e. The SMILES string of the molecule is O=C(Cc1cccc([N+](=O)[O-])c1)NC[C@@H]1CCNC1. The van der Waals surface area contributed by atoms with Crippen LogP contribution in [0.3, 0.4) is 0 Å². The van der Waals surface area contributed by atoms with Crippen molar-refractivity contribution >= 4 is 11.6 Å². The third-order valence-corrected chi connectivity index (χ3v) is 3.24. The quantitative estimate of drug-likeness (QED) is 0.609. The lowest BCUT2D eigenvalue weighted by Crippen LogP contribution is -2.31. The minimum atomic E-state index is -0.453. The molecule has 1 aliphatic rings. The average molecular weight is 263 g/mol. The van der Waals surface area contributed by atoms with Crippen molar-refractivity contribution in [2.24, 2.45) is 5.92 Å². The Morgan fingerprint density at radius 1 is 1.53 bits per heavy atom. The number of benzene rings is 1. The summed E-state index contributed by atoms with van der Waals surface area (Å²) in [5.74, 6) is 0.404. The molecule has 19 heavy (non-hydrogen) atoms. The van der Waals surface area contributed by atoms with Crippen molar-refractivity contribution in [1.29, 1.82) is 0 Å². The topological polar surface area (TPSA) is 84.3 Å². The minimum absolute atomic E-state index is 0.0188. The van der Waals surface area contributed by atoms with Gasteiger partial charge in [-0.1, -0.05) is 12.1 Å². The number of hydrogen-bond donors (Lipinski definition) is 2. The van der Waals surface area contributed by atoms with E-state index >= 15 is 0 Å². The fraction of sp³-hybridized carbons (Fsp3) is 0.462. The Kier molecular flexibility index (Phi) is 4.46. The number of amides is 1. The van der Waals surface area contributed by atoms with E-state index in [2.05, 4.69) is 10.6 Å². The van der Waals surface area contributed by atoms with E-state index in [0.29, 0.717) is 18.0 Å². The highest BCUT2D eigenvalue weighted by molar-refractivity contribution is 5.78. The zero-order valence-electron chi connectivity index (χ0n) is 10.6. The number of non-ortho nitro benzene ring substituents is 1. The Morgan fingerprint density at radius 3 is 3.05 bits per heavy atom. The molecule has 0 aliphatic carbocycles. The maximum Gasteiger partial charge on any atom is 0.269 e. The summed E-state index contributed by atoms with van der Waals surface area (Å²) in [5.41, 5.74) is 0.682. The molecule has 1 heterocycles. The lowest BCUT2D eigenvalue weighted by atomic mass is 10.1. The van der Waals surface area contributed by atoms with Crippen LogP contribution in [-0.4, -0.2) is 30.5 Å². The van der Waals surface area contributed by atoms with Crippen LogP contribution in [-0.2, 0) is 11.2 Å². The Hall–Kier alpha value is -1.95. The van der Waals surface area contributed by atoms with Gasteiger partial charge in [0.05, 0.1) is 11.3 Å². The number of nitro groups is 1. The molecule has 2 N–H and O–H groups in total. The van der Waals surface area contributed by atoms with Crippen molar-refractivity contribution in [2.75, 3.05) is 19.6 Å². The van der Waals surface area contributed by atoms with Gasteiger partial charge >= 0.3 is 0 Å². The van der Waals surface area contributed by atoms with E-state index in [1.54, 1.807) is 12.1 Å². The molecule has 1 fully saturated rings. The van der Waals surface area contributed by atoms with Gasteiger partial charge in [-0.15, -0.1) is 0 Å². The molecule has 0 aromatic heterocycles. The van der Waals surface area contributed by atoms with Crippen LogP contribution in [0.5, 0.6) is 0 Å². The summed E-state index contributed by atoms with van der Waals surface area (Å²) in [6.45, 7) is 2.61. The summed E-state index contributed by atoms with van der Waals surface area (Å²) in [5, 5.41) is 16.7. The van der Waals surface area contributed by atoms with Crippen LogP contribution in [0.25, 0.3) is 0 Å². The van der Waals surface area contributed by atoms with Crippen molar-refractivity contribution in [3.05, 3.63) is 39.9 Å². The summed E-state index contributed by atoms with van der Waals surface area (Å²) in [7, 11) is 0. The predicted molar refractivity (Wildman–Crippen MR) is 70.8 cm³/mol. The fourth-order valence-electron chi connectivity index (χ4n) is 2.17. The van der Waals surface area contributed by atoms with Gasteiger partial charge in [0, 0.05) is 18.7 Å². The molecule has 1 atom stereocenters. The van der Waals surface area contributed by atoms with E-state index in [9.17, 15) is 14.9 Å². The Labute approximate surface area is 111 Å². The normalized spacial score (nSPS) is 18.2. The third-order valence-electron chi connectivity index (χ3n) is 3.24. The number of nitro benzene ring substituents is 1. The Bertz CT molecular complexity index is 470. The third kappa shape index (κ3) is 4.03. The standard InChI is InChI=1S/C13H17N3O3/c17-13(15-9-11-4-5-14-8-11)7-10-2-1-3-12(6-10)16(18)19/h1-3,6,11,14H,4-5,7-9H2,(H,15,17)/t11-/m1/s1. The number of carbonyl (C=O) groups excluding carboxylic acids is 1. The molecule has 1 aromatic rings. The molecule has 1 aliphatic heterocycles. The van der Waals surface area contributed by atoms with Crippen molar-refractivity contribution < 1.29 is 9.72 Å². The number of carbonyl (C=O) groups is 1. The number of hydrogen-bond acceptors (Lipinski definition) is 4. The zero-order chi connectivity index (χ0) is 13.7. The molecule has 0 saturated carbocycles. The lowest BCUT2D eigenvalue weighted by Gasteiger charge is -2.09. The first-order chi connectivity index (χ1) is 9.15. The van der Waals surface area contributed by atoms with E-state index in [-0.39, 0.29) is 18.0 Å². The van der Waals surface area contributed by atoms with Crippen LogP contribution in [0.15, 0.2) is 24.3 Å². The second-order valence-electron chi connectivity index (χ2n) is 4.77. The van der Waals surface area contributed by atoms with Gasteiger partial charge in [0.1, 0.15) is 0 Å². The first-order valence-electron chi connectivity index (χ1n) is 6.36. The molecule has 0 radical (unpaired) electrons. The minimum Gasteiger partial charge on any atom is -0.355 e. The smallest absolute Gasteiger partial charge is 0.269 e. The number of rotatable bonds is 5. The highest BCUT2D eigenvalue weighted by Crippen LogP contribution is 2.13. The van der Waals surface area contributed by atoms with Gasteiger partial charge in [-0.25, -0.2) is 0 Å². The Morgan fingerprint density at radius 2 is 2.37 bits per heavy atom. The molecule has 102 valence electrons. The van der Waals surface area contributed by atoms with Crippen molar-refractivity contribution in [2.45, 2.75) is 12.8 Å². The molecular weight excluding hydrogens is 246 g/mol. The average Bonchev–Trinajstić information content (AvgIpc) is 2.90. The number of nitrogens with zero attached hydrogens (tertiary/aromatic N) is 1. The molecule has 0 bridgehead atoms. The highest BCUT2D eigenvalue weighted by atomic mass is 16.6. The molecule has 1 aromatic carbocycles. The predicted octanol–water partition coefficient (Wildman–Crippen LogP) is 0.863. The van der Waals surface area contributed by atoms with Crippen molar-refractivity contribution in [3.8, 4) is 0 Å². The lowest BCUT2D eigenvalue weighted by molar-refractivity contribution is -0.384. The van der Waals surface area contributed by atoms with Crippen LogP contribution >= 0.6 is 0 Å². The number of nitrogens with one attached hydrogen (secondary N) is 2. The van der Waals surface area contributed by atoms with Crippen LogP contribution in [0.2, 0.25) is 0 Å². The molecule has 0 spiro atoms. The highest BCUT2D eigenvalue weighted by Gasteiger charge is 2.15. The van der Waals surface area contributed by atoms with Gasteiger partial charge in [0.15, 0.2) is 0 Å². The molecule has 6 heteroatoms. The first-order valence-corrected chi connectivity index (χ1v) is 6.36. The second kappa shape index (κ2) is 6.29. The summed E-state index contributed by atoms with van der Waals surface area (Å²) in [4.78, 5) is 21.9. The van der Waals surface area contributed by atoms with E-state index in [1.807, 2.05) is 0 Å². The summed E-state index contributed by atoms with van der Waals surface area (Å²) >= 11 is 0. The van der Waals surface area contributed by atoms with Gasteiger partial charge in [-0.3, -0.25) is 14.9 Å². The monoisotopic (exact) mass is 263 g/mol. The van der Waals surface area contributed by atoms with E-state index in [1.165, 1.54) is 12.1 Å². The fourth-order valence-corrected chi connectivity index (χ4v) is 2.17. The maximum absolute atomic E-state index is 11.7. The van der Waals surface area contributed by atoms with Crippen molar-refractivity contribution in [3.63, 3.8) is 0 Å². The zero-order valence-corrected chi connectivity index (χ0v) is 10.6. The van der Waals surface area contributed by atoms with Gasteiger partial charge in [0.25, 0.3) is 5.69 Å². The van der Waals surface area contributed by atoms with E-state index < -0.39 is 4.92 Å². The molecule has 1 saturated heterocycles. The molecule has 1 amide bonds. The molecule has 6 nitrogen and oxygen atoms in total. The molecular formula is C13H17N3O3. The maximum atomic E-state index is 11.7. The van der Waals surface area contributed by atoms with Crippen LogP contribution in [0, 0.1) is 16.0 Å². The van der Waals surface area contributed by atoms with Crippen LogP contribution in [0.1, 0.15) is 12.0 Å². The van der Waals surface area contributed by atoms with E-state index in [4.69, 9.17) is 0 Å². The van der Waals surface area contributed by atoms with Crippen LogP contribution in [0.4, 0.5) is 5.69 Å². The summed E-state index contributed by atoms with van der Waals surface area (Å²) in [6, 6.07) is 6.19. The first kappa shape index (κ1) is 13.5. The van der Waals surface area contributed by atoms with Gasteiger partial charge in [-0.05, 0) is 31.0 Å². The molecule has 2 rings (SSSR count). The Balaban J connectivity index is 1.84. The second-order valence-corrected chi connectivity index (χ2v) is 4.77. The summed E-state index contributed by atoms with van der Waals surface area (Å²) < 4.78 is 0. The summed E-state index contributed by atoms with van der Waals surface area (Å²) in [6.07, 6.45) is 1.26. The molecule has 0 unspecified atom stereocenters. The van der Waals surface area contributed by atoms with Gasteiger partial charge in [0.2, 0.25) is 5.91 Å². The van der Waals surface area contributed by atoms with Crippen LogP contribution < -0.4 is 10.6 Å². The van der Waals surface area contributed by atoms with Gasteiger partial charge in [-0.2, -0.15) is 0 Å². The van der Waals surface area contributed by atoms with E-state index in [0.717, 1.165) is 19.5 Å². The van der Waals surface area contributed by atoms with Gasteiger partial charge < -0.3 is 10.6 Å². The van der Waals surface area contributed by atoms with Crippen molar-refractivity contribution in [1.82, 2.24) is 10.6 Å².